The van der Waals surface area contributed by atoms with E-state index in [4.69, 9.17) is 0 Å². The molecule has 0 amide bonds. The van der Waals surface area contributed by atoms with E-state index >= 15 is 0 Å². The molecule has 0 saturated heterocycles. The highest BCUT2D eigenvalue weighted by Crippen LogP contribution is 2.20. The van der Waals surface area contributed by atoms with Crippen molar-refractivity contribution in [2.75, 3.05) is 0 Å². The average molecular weight is 156 g/mol. The number of alkyl halides is 3. The Morgan fingerprint density at radius 1 is 1.60 bits per heavy atom. The van der Waals surface area contributed by atoms with Crippen LogP contribution in [0.2, 0.25) is 0 Å². The summed E-state index contributed by atoms with van der Waals surface area (Å²) in [7, 11) is 0. The zero-order valence-electron chi connectivity index (χ0n) is 4.55. The van der Waals surface area contributed by atoms with Crippen LogP contribution in [0, 0.1) is 10.1 Å². The highest BCUT2D eigenvalue weighted by molar-refractivity contribution is 4.98. The summed E-state index contributed by atoms with van der Waals surface area (Å²) < 4.78 is 33.9. The number of allylic oxidation sites excluding steroid dienone is 1. The third kappa shape index (κ3) is 2.90. The standard InChI is InChI=1S/C3H3F3N2O2/c4-3(5,6)2(7)1-8(9)10/h1H,7H2/b2-1+. The van der Waals surface area contributed by atoms with Gasteiger partial charge in [-0.25, -0.2) is 0 Å². The second kappa shape index (κ2) is 2.54. The number of rotatable bonds is 1. The number of nitrogens with two attached hydrogens (primary N) is 1. The van der Waals surface area contributed by atoms with Gasteiger partial charge in [-0.15, -0.1) is 0 Å². The van der Waals surface area contributed by atoms with Crippen molar-refractivity contribution in [3.63, 3.8) is 0 Å². The molecule has 0 heterocycles. The van der Waals surface area contributed by atoms with Crippen LogP contribution in [-0.4, -0.2) is 11.1 Å². The summed E-state index contributed by atoms with van der Waals surface area (Å²) in [4.78, 5) is 8.14. The van der Waals surface area contributed by atoms with Crippen molar-refractivity contribution in [1.82, 2.24) is 0 Å². The smallest absolute Gasteiger partial charge is 0.390 e. The lowest BCUT2D eigenvalue weighted by Gasteiger charge is -2.01. The molecule has 0 radical (unpaired) electrons. The van der Waals surface area contributed by atoms with Gasteiger partial charge < -0.3 is 5.73 Å². The van der Waals surface area contributed by atoms with Crippen molar-refractivity contribution in [3.8, 4) is 0 Å². The summed E-state index contributed by atoms with van der Waals surface area (Å²) in [6, 6.07) is 0. The summed E-state index contributed by atoms with van der Waals surface area (Å²) in [6.07, 6.45) is -5.10. The van der Waals surface area contributed by atoms with Crippen LogP contribution in [0.15, 0.2) is 11.9 Å². The number of nitro groups is 1. The third-order valence-electron chi connectivity index (χ3n) is 0.572. The lowest BCUT2D eigenvalue weighted by atomic mass is 10.5. The third-order valence-corrected chi connectivity index (χ3v) is 0.572. The molecule has 4 nitrogen and oxygen atoms in total. The zero-order chi connectivity index (χ0) is 8.36. The number of halogens is 3. The molecule has 0 aliphatic carbocycles. The second-order valence-corrected chi connectivity index (χ2v) is 1.37. The maximum atomic E-state index is 11.3. The monoisotopic (exact) mass is 156 g/mol. The Bertz CT molecular complexity index is 173. The summed E-state index contributed by atoms with van der Waals surface area (Å²) in [6.45, 7) is 0. The molecule has 0 aromatic rings. The molecule has 0 aromatic carbocycles. The fraction of sp³-hybridized carbons (Fsp3) is 0.333. The summed E-state index contributed by atoms with van der Waals surface area (Å²) in [5, 5.41) is 9.41. The minimum absolute atomic E-state index is 0.292. The van der Waals surface area contributed by atoms with Gasteiger partial charge in [0.2, 0.25) is 0 Å². The predicted molar refractivity (Wildman–Crippen MR) is 25.3 cm³/mol. The molecule has 0 aliphatic rings. The van der Waals surface area contributed by atoms with Gasteiger partial charge in [-0.3, -0.25) is 10.1 Å². The molecular formula is C3H3F3N2O2. The molecule has 0 rings (SSSR count). The Balaban J connectivity index is 4.35. The van der Waals surface area contributed by atoms with Gasteiger partial charge in [-0.2, -0.15) is 13.2 Å². The van der Waals surface area contributed by atoms with E-state index in [1.54, 1.807) is 0 Å². The molecule has 2 N–H and O–H groups in total. The Morgan fingerprint density at radius 3 is 2.10 bits per heavy atom. The minimum Gasteiger partial charge on any atom is -0.390 e. The first-order valence-corrected chi connectivity index (χ1v) is 2.02. The van der Waals surface area contributed by atoms with E-state index in [9.17, 15) is 23.3 Å². The van der Waals surface area contributed by atoms with Crippen molar-refractivity contribution < 1.29 is 18.1 Å². The van der Waals surface area contributed by atoms with E-state index in [-0.39, 0.29) is 6.20 Å². The fourth-order valence-electron chi connectivity index (χ4n) is 0.187. The topological polar surface area (TPSA) is 69.2 Å². The molecule has 58 valence electrons. The van der Waals surface area contributed by atoms with Crippen molar-refractivity contribution >= 4 is 0 Å². The minimum atomic E-state index is -4.81. The first-order valence-electron chi connectivity index (χ1n) is 2.02. The summed E-state index contributed by atoms with van der Waals surface area (Å²) in [5.74, 6) is 0. The van der Waals surface area contributed by atoms with Crippen LogP contribution in [0.4, 0.5) is 13.2 Å². The van der Waals surface area contributed by atoms with Crippen molar-refractivity contribution in [2.45, 2.75) is 6.18 Å². The first kappa shape index (κ1) is 8.73. The number of nitrogens with zero attached hydrogens (tertiary/aromatic N) is 1. The highest BCUT2D eigenvalue weighted by atomic mass is 19.4. The maximum Gasteiger partial charge on any atom is 0.436 e. The van der Waals surface area contributed by atoms with Crippen molar-refractivity contribution in [1.29, 1.82) is 0 Å². The first-order chi connectivity index (χ1) is 4.34. The normalized spacial score (nSPS) is 13.3. The SMILES string of the molecule is N/C(=C/[N+](=O)[O-])C(F)(F)F. The lowest BCUT2D eigenvalue weighted by Crippen LogP contribution is -2.20. The van der Waals surface area contributed by atoms with Crippen LogP contribution in [0.1, 0.15) is 0 Å². The Kier molecular flexibility index (Phi) is 2.22. The van der Waals surface area contributed by atoms with E-state index in [1.165, 1.54) is 0 Å². The molecule has 7 heteroatoms. The van der Waals surface area contributed by atoms with Gasteiger partial charge >= 0.3 is 6.18 Å². The number of hydrogen-bond acceptors (Lipinski definition) is 3. The maximum absolute atomic E-state index is 11.3. The predicted octanol–water partition coefficient (Wildman–Crippen LogP) is 0.626. The van der Waals surface area contributed by atoms with Crippen LogP contribution in [-0.2, 0) is 0 Å². The zero-order valence-corrected chi connectivity index (χ0v) is 4.55. The van der Waals surface area contributed by atoms with Gasteiger partial charge in [0.1, 0.15) is 0 Å². The Labute approximate surface area is 53.3 Å². The highest BCUT2D eigenvalue weighted by Gasteiger charge is 2.34. The van der Waals surface area contributed by atoms with Gasteiger partial charge in [0.15, 0.2) is 5.70 Å². The molecule has 0 aliphatic heterocycles. The van der Waals surface area contributed by atoms with Gasteiger partial charge in [0.05, 0.1) is 4.92 Å². The van der Waals surface area contributed by atoms with Crippen LogP contribution in [0.5, 0.6) is 0 Å². The van der Waals surface area contributed by atoms with Gasteiger partial charge in [-0.05, 0) is 0 Å². The van der Waals surface area contributed by atoms with Crippen LogP contribution < -0.4 is 5.73 Å². The molecule has 0 atom stereocenters. The van der Waals surface area contributed by atoms with E-state index in [1.807, 2.05) is 0 Å². The van der Waals surface area contributed by atoms with Gasteiger partial charge in [0, 0.05) is 0 Å². The van der Waals surface area contributed by atoms with Crippen molar-refractivity contribution in [2.24, 2.45) is 5.73 Å². The molecule has 0 aromatic heterocycles. The average Bonchev–Trinajstić information content (AvgIpc) is 1.60. The van der Waals surface area contributed by atoms with Crippen LogP contribution >= 0.6 is 0 Å². The Morgan fingerprint density at radius 2 is 2.00 bits per heavy atom. The quantitative estimate of drug-likeness (QED) is 0.447. The van der Waals surface area contributed by atoms with E-state index in [0.29, 0.717) is 0 Å². The van der Waals surface area contributed by atoms with Crippen LogP contribution in [0.3, 0.4) is 0 Å². The molecule has 0 spiro atoms. The summed E-state index contributed by atoms with van der Waals surface area (Å²) >= 11 is 0. The lowest BCUT2D eigenvalue weighted by molar-refractivity contribution is -0.405. The van der Waals surface area contributed by atoms with E-state index < -0.39 is 16.8 Å². The fourth-order valence-corrected chi connectivity index (χ4v) is 0.187. The Hall–Kier alpha value is -1.27. The molecular weight excluding hydrogens is 153 g/mol. The largest absolute Gasteiger partial charge is 0.436 e. The summed E-state index contributed by atoms with van der Waals surface area (Å²) in [5.41, 5.74) is 2.54. The van der Waals surface area contributed by atoms with E-state index in [0.717, 1.165) is 0 Å². The van der Waals surface area contributed by atoms with Gasteiger partial charge in [0.25, 0.3) is 6.20 Å². The molecule has 0 saturated carbocycles. The van der Waals surface area contributed by atoms with Crippen LogP contribution in [0.25, 0.3) is 0 Å². The van der Waals surface area contributed by atoms with Crippen molar-refractivity contribution in [3.05, 3.63) is 22.0 Å². The molecule has 0 fully saturated rings. The van der Waals surface area contributed by atoms with E-state index in [2.05, 4.69) is 5.73 Å². The van der Waals surface area contributed by atoms with Gasteiger partial charge in [-0.1, -0.05) is 0 Å². The molecule has 0 bridgehead atoms. The molecule has 0 unspecified atom stereocenters. The molecule has 10 heavy (non-hydrogen) atoms. The second-order valence-electron chi connectivity index (χ2n) is 1.37. The number of hydrogen-bond donors (Lipinski definition) is 1.